The highest BCUT2D eigenvalue weighted by atomic mass is 35.5. The number of aliphatic hydroxyl groups excluding tert-OH is 1. The molecule has 0 aliphatic carbocycles. The normalized spacial score (nSPS) is 24.0. The van der Waals surface area contributed by atoms with Gasteiger partial charge in [0.25, 0.3) is 0 Å². The van der Waals surface area contributed by atoms with Crippen molar-refractivity contribution in [1.29, 1.82) is 0 Å². The zero-order valence-corrected chi connectivity index (χ0v) is 13.7. The van der Waals surface area contributed by atoms with Crippen LogP contribution in [0.15, 0.2) is 48.5 Å². The lowest BCUT2D eigenvalue weighted by Crippen LogP contribution is -2.33. The number of rotatable bonds is 5. The number of nitrogens with one attached hydrogen (secondary N) is 1. The Morgan fingerprint density at radius 3 is 2.70 bits per heavy atom. The van der Waals surface area contributed by atoms with Crippen LogP contribution in [0.25, 0.3) is 0 Å². The van der Waals surface area contributed by atoms with Crippen LogP contribution in [0.2, 0.25) is 5.02 Å². The van der Waals surface area contributed by atoms with Crippen LogP contribution in [0.4, 0.5) is 4.39 Å². The topological polar surface area (TPSA) is 32.3 Å². The second-order valence-corrected chi connectivity index (χ2v) is 6.76. The van der Waals surface area contributed by atoms with E-state index in [4.69, 9.17) is 11.6 Å². The molecule has 2 aromatic rings. The van der Waals surface area contributed by atoms with Crippen molar-refractivity contribution in [2.24, 2.45) is 5.41 Å². The molecule has 23 heavy (non-hydrogen) atoms. The maximum absolute atomic E-state index is 13.9. The van der Waals surface area contributed by atoms with Gasteiger partial charge in [-0.25, -0.2) is 4.39 Å². The Balaban J connectivity index is 1.95. The average Bonchev–Trinajstić information content (AvgIpc) is 2.95. The van der Waals surface area contributed by atoms with Gasteiger partial charge in [-0.1, -0.05) is 48.0 Å². The summed E-state index contributed by atoms with van der Waals surface area (Å²) in [6, 6.07) is 15.3. The fourth-order valence-corrected chi connectivity index (χ4v) is 3.88. The third-order valence-corrected chi connectivity index (χ3v) is 5.23. The molecule has 4 heteroatoms. The van der Waals surface area contributed by atoms with Crippen LogP contribution in [0.3, 0.4) is 0 Å². The van der Waals surface area contributed by atoms with E-state index in [9.17, 15) is 9.50 Å². The van der Waals surface area contributed by atoms with Gasteiger partial charge in [0.1, 0.15) is 5.82 Å². The Morgan fingerprint density at radius 2 is 2.00 bits per heavy atom. The second kappa shape index (κ2) is 7.00. The zero-order valence-electron chi connectivity index (χ0n) is 12.9. The smallest absolute Gasteiger partial charge is 0.142 e. The van der Waals surface area contributed by atoms with E-state index in [1.165, 1.54) is 11.6 Å². The predicted octanol–water partition coefficient (Wildman–Crippen LogP) is 3.78. The van der Waals surface area contributed by atoms with E-state index >= 15 is 0 Å². The van der Waals surface area contributed by atoms with Crippen molar-refractivity contribution in [3.05, 3.63) is 70.5 Å². The molecule has 0 spiro atoms. The third-order valence-electron chi connectivity index (χ3n) is 4.92. The van der Waals surface area contributed by atoms with E-state index in [-0.39, 0.29) is 28.8 Å². The van der Waals surface area contributed by atoms with Crippen molar-refractivity contribution in [3.63, 3.8) is 0 Å². The van der Waals surface area contributed by atoms with Gasteiger partial charge in [0.15, 0.2) is 0 Å². The first-order chi connectivity index (χ1) is 11.1. The van der Waals surface area contributed by atoms with Crippen molar-refractivity contribution in [3.8, 4) is 0 Å². The first-order valence-corrected chi connectivity index (χ1v) is 8.33. The second-order valence-electron chi connectivity index (χ2n) is 6.36. The third kappa shape index (κ3) is 3.42. The molecular formula is C19H21ClFNO. The van der Waals surface area contributed by atoms with Gasteiger partial charge in [-0.05, 0) is 41.5 Å². The highest BCUT2D eigenvalue weighted by molar-refractivity contribution is 6.30. The van der Waals surface area contributed by atoms with Crippen LogP contribution in [-0.2, 0) is 6.42 Å². The summed E-state index contributed by atoms with van der Waals surface area (Å²) < 4.78 is 13.9. The van der Waals surface area contributed by atoms with Gasteiger partial charge < -0.3 is 10.4 Å². The van der Waals surface area contributed by atoms with E-state index in [1.54, 1.807) is 6.07 Å². The Bertz CT molecular complexity index is 664. The molecule has 0 radical (unpaired) electrons. The summed E-state index contributed by atoms with van der Waals surface area (Å²) in [5.41, 5.74) is 2.07. The molecule has 1 saturated heterocycles. The Labute approximate surface area is 141 Å². The standard InChI is InChI=1S/C19H21ClFNO/c20-17-7-6-15(10-18(17)21)16-12-22-13-19(16,8-9-23)11-14-4-2-1-3-5-14/h1-7,10,16,22-23H,8-9,11-13H2/t16-,19+/m0/s1. The number of hydrogen-bond acceptors (Lipinski definition) is 2. The minimum Gasteiger partial charge on any atom is -0.396 e. The molecule has 0 aromatic heterocycles. The molecule has 0 saturated carbocycles. The van der Waals surface area contributed by atoms with E-state index in [1.807, 2.05) is 24.3 Å². The average molecular weight is 334 g/mol. The number of benzene rings is 2. The molecule has 2 aromatic carbocycles. The van der Waals surface area contributed by atoms with E-state index in [0.717, 1.165) is 25.1 Å². The van der Waals surface area contributed by atoms with Gasteiger partial charge >= 0.3 is 0 Å². The number of halogens is 2. The molecule has 0 bridgehead atoms. The van der Waals surface area contributed by atoms with Gasteiger partial charge in [-0.2, -0.15) is 0 Å². The van der Waals surface area contributed by atoms with Gasteiger partial charge in [-0.3, -0.25) is 0 Å². The highest BCUT2D eigenvalue weighted by Crippen LogP contribution is 2.45. The zero-order chi connectivity index (χ0) is 16.3. The first kappa shape index (κ1) is 16.4. The van der Waals surface area contributed by atoms with Gasteiger partial charge in [0.2, 0.25) is 0 Å². The number of aliphatic hydroxyl groups is 1. The fourth-order valence-electron chi connectivity index (χ4n) is 3.77. The molecule has 1 aliphatic heterocycles. The Kier molecular flexibility index (Phi) is 5.00. The van der Waals surface area contributed by atoms with Crippen molar-refractivity contribution < 1.29 is 9.50 Å². The molecule has 0 amide bonds. The Morgan fingerprint density at radius 1 is 1.22 bits per heavy atom. The van der Waals surface area contributed by atoms with Crippen LogP contribution in [0.1, 0.15) is 23.5 Å². The summed E-state index contributed by atoms with van der Waals surface area (Å²) in [6.45, 7) is 1.73. The molecule has 1 aliphatic rings. The van der Waals surface area contributed by atoms with Crippen molar-refractivity contribution in [2.75, 3.05) is 19.7 Å². The van der Waals surface area contributed by atoms with Crippen molar-refractivity contribution in [2.45, 2.75) is 18.8 Å². The molecule has 1 fully saturated rings. The maximum Gasteiger partial charge on any atom is 0.142 e. The lowest BCUT2D eigenvalue weighted by Gasteiger charge is -2.35. The van der Waals surface area contributed by atoms with E-state index in [0.29, 0.717) is 6.42 Å². The highest BCUT2D eigenvalue weighted by Gasteiger charge is 2.43. The van der Waals surface area contributed by atoms with Crippen LogP contribution < -0.4 is 5.32 Å². The summed E-state index contributed by atoms with van der Waals surface area (Å²) in [5.74, 6) is -0.227. The van der Waals surface area contributed by atoms with Crippen LogP contribution in [0.5, 0.6) is 0 Å². The monoisotopic (exact) mass is 333 g/mol. The molecule has 2 nitrogen and oxygen atoms in total. The lowest BCUT2D eigenvalue weighted by molar-refractivity contribution is 0.178. The van der Waals surface area contributed by atoms with Crippen LogP contribution in [-0.4, -0.2) is 24.8 Å². The molecular weight excluding hydrogens is 313 g/mol. The van der Waals surface area contributed by atoms with Gasteiger partial charge in [-0.15, -0.1) is 0 Å². The van der Waals surface area contributed by atoms with E-state index in [2.05, 4.69) is 17.4 Å². The minimum atomic E-state index is -0.381. The van der Waals surface area contributed by atoms with Gasteiger partial charge in [0, 0.05) is 25.6 Å². The Hall–Kier alpha value is -1.42. The predicted molar refractivity (Wildman–Crippen MR) is 91.3 cm³/mol. The fraction of sp³-hybridized carbons (Fsp3) is 0.368. The minimum absolute atomic E-state index is 0.115. The summed E-state index contributed by atoms with van der Waals surface area (Å²) in [6.07, 6.45) is 1.54. The van der Waals surface area contributed by atoms with Crippen molar-refractivity contribution in [1.82, 2.24) is 5.32 Å². The number of hydrogen-bond donors (Lipinski definition) is 2. The molecule has 3 rings (SSSR count). The summed E-state index contributed by atoms with van der Waals surface area (Å²) in [7, 11) is 0. The maximum atomic E-state index is 13.9. The molecule has 1 heterocycles. The first-order valence-electron chi connectivity index (χ1n) is 7.95. The van der Waals surface area contributed by atoms with Crippen LogP contribution in [0, 0.1) is 11.2 Å². The van der Waals surface area contributed by atoms with Crippen molar-refractivity contribution >= 4 is 11.6 Å². The van der Waals surface area contributed by atoms with Crippen LogP contribution >= 0.6 is 11.6 Å². The summed E-state index contributed by atoms with van der Waals surface area (Å²) in [4.78, 5) is 0. The SMILES string of the molecule is OCC[C@@]1(Cc2ccccc2)CNC[C@H]1c1ccc(Cl)c(F)c1. The largest absolute Gasteiger partial charge is 0.396 e. The molecule has 2 atom stereocenters. The summed E-state index contributed by atoms with van der Waals surface area (Å²) >= 11 is 5.82. The lowest BCUT2D eigenvalue weighted by atomic mass is 9.69. The molecule has 0 unspecified atom stereocenters. The van der Waals surface area contributed by atoms with Gasteiger partial charge in [0.05, 0.1) is 5.02 Å². The summed E-state index contributed by atoms with van der Waals surface area (Å²) in [5, 5.41) is 13.2. The quantitative estimate of drug-likeness (QED) is 0.872. The van der Waals surface area contributed by atoms with E-state index < -0.39 is 0 Å². The molecule has 2 N–H and O–H groups in total. The molecule has 122 valence electrons.